The van der Waals surface area contributed by atoms with Gasteiger partial charge in [-0.15, -0.1) is 0 Å². The second-order valence-corrected chi connectivity index (χ2v) is 17.5. The molecule has 314 valence electrons. The third-order valence-corrected chi connectivity index (χ3v) is 13.9. The van der Waals surface area contributed by atoms with Gasteiger partial charge in [-0.3, -0.25) is 4.98 Å². The molecule has 67 heavy (non-hydrogen) atoms. The molecule has 0 unspecified atom stereocenters. The van der Waals surface area contributed by atoms with Crippen molar-refractivity contribution in [1.29, 1.82) is 0 Å². The maximum atomic E-state index is 4.65. The molecular weight excluding hydrogens is 811 g/mol. The smallest absolute Gasteiger partial charge is 0.0723 e. The van der Waals surface area contributed by atoms with Gasteiger partial charge in [-0.2, -0.15) is 0 Å². The molecule has 0 fully saturated rings. The van der Waals surface area contributed by atoms with Crippen LogP contribution < -0.4 is 4.90 Å². The summed E-state index contributed by atoms with van der Waals surface area (Å²) in [5.41, 5.74) is 18.6. The number of nitrogens with zero attached hydrogens (tertiary/aromatic N) is 3. The van der Waals surface area contributed by atoms with Crippen molar-refractivity contribution in [1.82, 2.24) is 9.55 Å². The topological polar surface area (TPSA) is 21.1 Å². The van der Waals surface area contributed by atoms with Gasteiger partial charge in [0.1, 0.15) is 0 Å². The molecule has 0 aliphatic heterocycles. The standard InChI is InChI=1S/C64H43N3/c1-4-20-49(21-5-1)64(50-22-6-2-7-23-50)59-29-14-12-27-55(59)56-38-36-53(41-60(56)64)67-61-30-15-13-28-57(61)58-37-33-47(40-62(58)67)46-19-16-18-45(39-46)44-31-34-52(35-32-44)66(51-24-8-3-9-25-51)63-43-65-42-48-17-10-11-26-54(48)63/h1-43H. The van der Waals surface area contributed by atoms with Crippen LogP contribution in [0.1, 0.15) is 22.3 Å². The number of anilines is 3. The van der Waals surface area contributed by atoms with Crippen molar-refractivity contribution in [2.75, 3.05) is 4.90 Å². The van der Waals surface area contributed by atoms with Gasteiger partial charge in [0, 0.05) is 44.8 Å². The van der Waals surface area contributed by atoms with Crippen molar-refractivity contribution in [3.05, 3.63) is 283 Å². The summed E-state index contributed by atoms with van der Waals surface area (Å²) in [6.07, 6.45) is 3.90. The molecule has 0 bridgehead atoms. The highest BCUT2D eigenvalue weighted by Gasteiger charge is 2.46. The van der Waals surface area contributed by atoms with Crippen LogP contribution in [0.25, 0.3) is 71.6 Å². The Morgan fingerprint density at radius 2 is 0.940 bits per heavy atom. The highest BCUT2D eigenvalue weighted by atomic mass is 15.1. The van der Waals surface area contributed by atoms with Crippen LogP contribution in [-0.2, 0) is 5.41 Å². The average molecular weight is 854 g/mol. The number of hydrogen-bond donors (Lipinski definition) is 0. The molecule has 12 aromatic rings. The van der Waals surface area contributed by atoms with Gasteiger partial charge in [0.25, 0.3) is 0 Å². The van der Waals surface area contributed by atoms with Crippen molar-refractivity contribution in [3.63, 3.8) is 0 Å². The van der Waals surface area contributed by atoms with E-state index in [9.17, 15) is 0 Å². The Kier molecular flexibility index (Phi) is 9.07. The molecule has 0 atom stereocenters. The van der Waals surface area contributed by atoms with Crippen molar-refractivity contribution in [2.45, 2.75) is 5.41 Å². The zero-order chi connectivity index (χ0) is 44.3. The van der Waals surface area contributed by atoms with Crippen LogP contribution in [0.3, 0.4) is 0 Å². The lowest BCUT2D eigenvalue weighted by atomic mass is 9.67. The summed E-state index contributed by atoms with van der Waals surface area (Å²) in [5, 5.41) is 4.74. The molecule has 2 aromatic heterocycles. The van der Waals surface area contributed by atoms with E-state index in [1.54, 1.807) is 0 Å². The van der Waals surface area contributed by atoms with E-state index in [2.05, 4.69) is 263 Å². The van der Waals surface area contributed by atoms with Crippen LogP contribution in [0.2, 0.25) is 0 Å². The summed E-state index contributed by atoms with van der Waals surface area (Å²) < 4.78 is 2.48. The van der Waals surface area contributed by atoms with Crippen LogP contribution in [0.5, 0.6) is 0 Å². The number of hydrogen-bond acceptors (Lipinski definition) is 2. The lowest BCUT2D eigenvalue weighted by Crippen LogP contribution is -2.28. The summed E-state index contributed by atoms with van der Waals surface area (Å²) in [6, 6.07) is 90.9. The fourth-order valence-corrected chi connectivity index (χ4v) is 11.0. The number of aromatic nitrogens is 2. The minimum absolute atomic E-state index is 0.486. The van der Waals surface area contributed by atoms with Gasteiger partial charge in [-0.1, -0.05) is 194 Å². The van der Waals surface area contributed by atoms with Gasteiger partial charge < -0.3 is 9.47 Å². The number of rotatable bonds is 8. The summed E-state index contributed by atoms with van der Waals surface area (Å²) in [7, 11) is 0. The third-order valence-electron chi connectivity index (χ3n) is 13.9. The molecule has 3 nitrogen and oxygen atoms in total. The highest BCUT2D eigenvalue weighted by molar-refractivity contribution is 6.10. The van der Waals surface area contributed by atoms with E-state index in [1.807, 2.05) is 12.4 Å². The second kappa shape index (κ2) is 15.7. The van der Waals surface area contributed by atoms with Crippen molar-refractivity contribution in [3.8, 4) is 39.1 Å². The molecule has 1 aliphatic carbocycles. The van der Waals surface area contributed by atoms with Gasteiger partial charge in [-0.05, 0) is 110 Å². The molecule has 1 aliphatic rings. The minimum atomic E-state index is -0.486. The highest BCUT2D eigenvalue weighted by Crippen LogP contribution is 2.56. The van der Waals surface area contributed by atoms with E-state index in [4.69, 9.17) is 0 Å². The van der Waals surface area contributed by atoms with Crippen LogP contribution in [-0.4, -0.2) is 9.55 Å². The van der Waals surface area contributed by atoms with Crippen molar-refractivity contribution >= 4 is 49.6 Å². The fraction of sp³-hybridized carbons (Fsp3) is 0.0156. The first-order valence-corrected chi connectivity index (χ1v) is 23.0. The van der Waals surface area contributed by atoms with Gasteiger partial charge in [0.2, 0.25) is 0 Å². The molecule has 3 heteroatoms. The van der Waals surface area contributed by atoms with Crippen molar-refractivity contribution in [2.24, 2.45) is 0 Å². The summed E-state index contributed by atoms with van der Waals surface area (Å²) in [5.74, 6) is 0. The minimum Gasteiger partial charge on any atom is -0.309 e. The fourth-order valence-electron chi connectivity index (χ4n) is 11.0. The Morgan fingerprint density at radius 1 is 0.358 bits per heavy atom. The molecule has 13 rings (SSSR count). The maximum Gasteiger partial charge on any atom is 0.0723 e. The molecule has 0 N–H and O–H groups in total. The van der Waals surface area contributed by atoms with Gasteiger partial charge in [0.15, 0.2) is 0 Å². The number of para-hydroxylation sites is 2. The Bertz CT molecular complexity index is 3750. The molecule has 10 aromatic carbocycles. The first kappa shape index (κ1) is 38.6. The molecular formula is C64H43N3. The van der Waals surface area contributed by atoms with E-state index in [-0.39, 0.29) is 0 Å². The molecule has 0 spiro atoms. The molecule has 0 saturated carbocycles. The Balaban J connectivity index is 0.924. The monoisotopic (exact) mass is 853 g/mol. The summed E-state index contributed by atoms with van der Waals surface area (Å²) in [4.78, 5) is 6.95. The van der Waals surface area contributed by atoms with Crippen LogP contribution in [0.4, 0.5) is 17.1 Å². The largest absolute Gasteiger partial charge is 0.309 e. The Hall–Kier alpha value is -8.79. The summed E-state index contributed by atoms with van der Waals surface area (Å²) in [6.45, 7) is 0. The number of fused-ring (bicyclic) bond motifs is 7. The Labute approximate surface area is 390 Å². The van der Waals surface area contributed by atoms with Gasteiger partial charge in [0.05, 0.1) is 28.3 Å². The van der Waals surface area contributed by atoms with E-state index in [0.717, 1.165) is 39.1 Å². The first-order chi connectivity index (χ1) is 33.2. The third kappa shape index (κ3) is 6.16. The van der Waals surface area contributed by atoms with Crippen LogP contribution >= 0.6 is 0 Å². The molecule has 2 heterocycles. The van der Waals surface area contributed by atoms with Crippen LogP contribution in [0.15, 0.2) is 261 Å². The van der Waals surface area contributed by atoms with Crippen molar-refractivity contribution < 1.29 is 0 Å². The predicted octanol–water partition coefficient (Wildman–Crippen LogP) is 16.5. The zero-order valence-corrected chi connectivity index (χ0v) is 36.7. The molecule has 0 amide bonds. The van der Waals surface area contributed by atoms with E-state index < -0.39 is 5.41 Å². The SMILES string of the molecule is c1ccc(N(c2ccc(-c3cccc(-c4ccc5c6ccccc6n(-c6ccc7c(c6)C(c6ccccc6)(c6ccccc6)c6ccccc6-7)c5c4)c3)cc2)c2cncc3ccccc23)cc1. The van der Waals surface area contributed by atoms with Gasteiger partial charge >= 0.3 is 0 Å². The van der Waals surface area contributed by atoms with E-state index >= 15 is 0 Å². The lowest BCUT2D eigenvalue weighted by Gasteiger charge is -2.34. The lowest BCUT2D eigenvalue weighted by molar-refractivity contribution is 0.767. The second-order valence-electron chi connectivity index (χ2n) is 17.5. The van der Waals surface area contributed by atoms with E-state index in [0.29, 0.717) is 0 Å². The molecule has 0 saturated heterocycles. The average Bonchev–Trinajstić information content (AvgIpc) is 3.90. The predicted molar refractivity (Wildman–Crippen MR) is 279 cm³/mol. The normalized spacial score (nSPS) is 12.6. The van der Waals surface area contributed by atoms with E-state index in [1.165, 1.54) is 71.9 Å². The first-order valence-electron chi connectivity index (χ1n) is 23.0. The quantitative estimate of drug-likeness (QED) is 0.152. The zero-order valence-electron chi connectivity index (χ0n) is 36.7. The Morgan fingerprint density at radius 3 is 1.72 bits per heavy atom. The number of pyridine rings is 1. The molecule has 0 radical (unpaired) electrons. The van der Waals surface area contributed by atoms with Gasteiger partial charge in [-0.25, -0.2) is 0 Å². The maximum absolute atomic E-state index is 4.65. The van der Waals surface area contributed by atoms with Crippen LogP contribution in [0, 0.1) is 0 Å². The summed E-state index contributed by atoms with van der Waals surface area (Å²) >= 11 is 0. The number of benzene rings is 10.